The molecule has 0 saturated carbocycles. The lowest BCUT2D eigenvalue weighted by Gasteiger charge is -2.36. The van der Waals surface area contributed by atoms with Gasteiger partial charge in [-0.05, 0) is 36.7 Å². The van der Waals surface area contributed by atoms with E-state index in [1.165, 1.54) is 0 Å². The maximum Gasteiger partial charge on any atom is 0.250 e. The predicted molar refractivity (Wildman–Crippen MR) is 83.5 cm³/mol. The Morgan fingerprint density at radius 3 is 2.10 bits per heavy atom. The van der Waals surface area contributed by atoms with Crippen LogP contribution >= 0.6 is 0 Å². The lowest BCUT2D eigenvalue weighted by Crippen LogP contribution is -2.43. The van der Waals surface area contributed by atoms with E-state index in [-0.39, 0.29) is 11.3 Å². The number of hydrogen-bond acceptors (Lipinski definition) is 3. The van der Waals surface area contributed by atoms with Gasteiger partial charge in [0.05, 0.1) is 13.2 Å². The summed E-state index contributed by atoms with van der Waals surface area (Å²) in [5, 5.41) is 0.210. The zero-order valence-corrected chi connectivity index (χ0v) is 14.2. The van der Waals surface area contributed by atoms with Crippen molar-refractivity contribution in [2.24, 2.45) is 0 Å². The van der Waals surface area contributed by atoms with Gasteiger partial charge >= 0.3 is 0 Å². The molecule has 20 heavy (non-hydrogen) atoms. The van der Waals surface area contributed by atoms with Crippen LogP contribution in [-0.2, 0) is 9.47 Å². The van der Waals surface area contributed by atoms with Gasteiger partial charge in [-0.2, -0.15) is 0 Å². The van der Waals surface area contributed by atoms with E-state index in [1.54, 1.807) is 0 Å². The Kier molecular flexibility index (Phi) is 4.57. The van der Waals surface area contributed by atoms with Gasteiger partial charge in [0, 0.05) is 5.56 Å². The molecule has 0 N–H and O–H groups in total. The third kappa shape index (κ3) is 3.62. The summed E-state index contributed by atoms with van der Waals surface area (Å²) in [6.45, 7) is 12.8. The Balaban J connectivity index is 2.05. The second-order valence-corrected chi connectivity index (χ2v) is 11.6. The van der Waals surface area contributed by atoms with Crippen LogP contribution in [0.25, 0.3) is 0 Å². The normalized spacial score (nSPS) is 18.1. The topological polar surface area (TPSA) is 27.7 Å². The fraction of sp³-hybridized carbons (Fsp3) is 0.625. The fourth-order valence-electron chi connectivity index (χ4n) is 1.82. The van der Waals surface area contributed by atoms with E-state index in [0.717, 1.165) is 30.9 Å². The summed E-state index contributed by atoms with van der Waals surface area (Å²) >= 11 is 0. The largest absolute Gasteiger partial charge is 0.544 e. The molecule has 0 aromatic heterocycles. The van der Waals surface area contributed by atoms with Gasteiger partial charge < -0.3 is 13.9 Å². The van der Waals surface area contributed by atoms with Crippen molar-refractivity contribution < 1.29 is 13.9 Å². The Bertz CT molecular complexity index is 428. The van der Waals surface area contributed by atoms with Crippen molar-refractivity contribution in [1.29, 1.82) is 0 Å². The molecule has 1 aliphatic rings. The summed E-state index contributed by atoms with van der Waals surface area (Å²) in [4.78, 5) is 0. The highest BCUT2D eigenvalue weighted by Crippen LogP contribution is 2.37. The average Bonchev–Trinajstić information content (AvgIpc) is 2.39. The molecule has 0 amide bonds. The third-order valence-electron chi connectivity index (χ3n) is 4.16. The summed E-state index contributed by atoms with van der Waals surface area (Å²) in [6, 6.07) is 8.13. The molecule has 1 saturated heterocycles. The van der Waals surface area contributed by atoms with E-state index < -0.39 is 8.32 Å². The van der Waals surface area contributed by atoms with E-state index in [0.29, 0.717) is 0 Å². The molecule has 0 atom stereocenters. The molecule has 1 aliphatic heterocycles. The first-order valence-corrected chi connectivity index (χ1v) is 10.2. The molecule has 0 radical (unpaired) electrons. The second kappa shape index (κ2) is 5.88. The van der Waals surface area contributed by atoms with E-state index in [2.05, 4.69) is 33.9 Å². The number of hydrogen-bond donors (Lipinski definition) is 0. The molecule has 1 aromatic rings. The minimum atomic E-state index is -1.77. The van der Waals surface area contributed by atoms with Crippen LogP contribution in [0.15, 0.2) is 24.3 Å². The molecule has 1 fully saturated rings. The van der Waals surface area contributed by atoms with Crippen LogP contribution in [-0.4, -0.2) is 21.5 Å². The standard InChI is InChI=1S/C16H26O3Si/c1-16(2,3)20(4,5)19-14-9-7-13(8-10-14)15-17-11-6-12-18-15/h7-10,15H,6,11-12H2,1-5H3. The Morgan fingerprint density at radius 2 is 1.60 bits per heavy atom. The first-order chi connectivity index (χ1) is 9.29. The smallest absolute Gasteiger partial charge is 0.250 e. The molecular formula is C16H26O3Si. The molecule has 2 rings (SSSR count). The molecular weight excluding hydrogens is 268 g/mol. The maximum atomic E-state index is 6.27. The van der Waals surface area contributed by atoms with Gasteiger partial charge in [-0.1, -0.05) is 32.9 Å². The van der Waals surface area contributed by atoms with Gasteiger partial charge in [0.2, 0.25) is 8.32 Å². The summed E-state index contributed by atoms with van der Waals surface area (Å²) in [7, 11) is -1.77. The first-order valence-electron chi connectivity index (χ1n) is 7.32. The highest BCUT2D eigenvalue weighted by atomic mass is 28.4. The van der Waals surface area contributed by atoms with Gasteiger partial charge in [0.15, 0.2) is 6.29 Å². The summed E-state index contributed by atoms with van der Waals surface area (Å²) < 4.78 is 17.5. The van der Waals surface area contributed by atoms with E-state index in [9.17, 15) is 0 Å². The van der Waals surface area contributed by atoms with Gasteiger partial charge in [-0.25, -0.2) is 0 Å². The molecule has 0 bridgehead atoms. The van der Waals surface area contributed by atoms with Crippen LogP contribution in [0.4, 0.5) is 0 Å². The lowest BCUT2D eigenvalue weighted by atomic mass is 10.2. The van der Waals surface area contributed by atoms with Crippen molar-refractivity contribution in [3.05, 3.63) is 29.8 Å². The summed E-state index contributed by atoms with van der Waals surface area (Å²) in [5.41, 5.74) is 1.06. The zero-order chi connectivity index (χ0) is 14.8. The Labute approximate surface area is 123 Å². The molecule has 0 aliphatic carbocycles. The van der Waals surface area contributed by atoms with E-state index >= 15 is 0 Å². The highest BCUT2D eigenvalue weighted by molar-refractivity contribution is 6.74. The van der Waals surface area contributed by atoms with Gasteiger partial charge in [0.1, 0.15) is 5.75 Å². The number of ether oxygens (including phenoxy) is 2. The molecule has 112 valence electrons. The number of benzene rings is 1. The van der Waals surface area contributed by atoms with Gasteiger partial charge in [-0.15, -0.1) is 0 Å². The van der Waals surface area contributed by atoms with Crippen LogP contribution in [0.2, 0.25) is 18.1 Å². The van der Waals surface area contributed by atoms with Crippen LogP contribution in [0.5, 0.6) is 5.75 Å². The minimum absolute atomic E-state index is 0.210. The van der Waals surface area contributed by atoms with Crippen LogP contribution in [0, 0.1) is 0 Å². The van der Waals surface area contributed by atoms with Crippen LogP contribution in [0.3, 0.4) is 0 Å². The lowest BCUT2D eigenvalue weighted by molar-refractivity contribution is -0.183. The van der Waals surface area contributed by atoms with E-state index in [4.69, 9.17) is 13.9 Å². The predicted octanol–water partition coefficient (Wildman–Crippen LogP) is 4.51. The highest BCUT2D eigenvalue weighted by Gasteiger charge is 2.38. The van der Waals surface area contributed by atoms with Crippen molar-refractivity contribution >= 4 is 8.32 Å². The zero-order valence-electron chi connectivity index (χ0n) is 13.2. The van der Waals surface area contributed by atoms with Gasteiger partial charge in [0.25, 0.3) is 0 Å². The quantitative estimate of drug-likeness (QED) is 0.768. The van der Waals surface area contributed by atoms with Crippen LogP contribution in [0.1, 0.15) is 39.0 Å². The Morgan fingerprint density at radius 1 is 1.05 bits per heavy atom. The Hall–Kier alpha value is -0.843. The number of rotatable bonds is 3. The second-order valence-electron chi connectivity index (χ2n) is 6.86. The third-order valence-corrected chi connectivity index (χ3v) is 8.52. The maximum absolute atomic E-state index is 6.27. The molecule has 4 heteroatoms. The molecule has 3 nitrogen and oxygen atoms in total. The molecule has 1 heterocycles. The van der Waals surface area contributed by atoms with Crippen molar-refractivity contribution in [2.75, 3.05) is 13.2 Å². The summed E-state index contributed by atoms with van der Waals surface area (Å²) in [5.74, 6) is 0.941. The first kappa shape index (κ1) is 15.5. The average molecular weight is 294 g/mol. The SMILES string of the molecule is CC(C)(C)[Si](C)(C)Oc1ccc(C2OCCCO2)cc1. The van der Waals surface area contributed by atoms with Crippen molar-refractivity contribution in [2.45, 2.75) is 51.6 Å². The minimum Gasteiger partial charge on any atom is -0.544 e. The van der Waals surface area contributed by atoms with Crippen molar-refractivity contribution in [1.82, 2.24) is 0 Å². The molecule has 0 spiro atoms. The van der Waals surface area contributed by atoms with Crippen LogP contribution < -0.4 is 4.43 Å². The molecule has 1 aromatic carbocycles. The van der Waals surface area contributed by atoms with Crippen molar-refractivity contribution in [3.8, 4) is 5.75 Å². The molecule has 0 unspecified atom stereocenters. The van der Waals surface area contributed by atoms with E-state index in [1.807, 2.05) is 24.3 Å². The fourth-order valence-corrected chi connectivity index (χ4v) is 2.85. The van der Waals surface area contributed by atoms with Crippen molar-refractivity contribution in [3.63, 3.8) is 0 Å². The van der Waals surface area contributed by atoms with Gasteiger partial charge in [-0.3, -0.25) is 0 Å². The summed E-state index contributed by atoms with van der Waals surface area (Å²) in [6.07, 6.45) is 0.758. The monoisotopic (exact) mass is 294 g/mol.